The smallest absolute Gasteiger partial charge is 0.321 e. The topological polar surface area (TPSA) is 67.2 Å². The molecule has 1 saturated carbocycles. The Morgan fingerprint density at radius 1 is 1.21 bits per heavy atom. The number of nitrogens with zero attached hydrogens (tertiary/aromatic N) is 2. The zero-order valence-corrected chi connectivity index (χ0v) is 20.2. The van der Waals surface area contributed by atoms with Crippen molar-refractivity contribution >= 4 is 30.2 Å². The van der Waals surface area contributed by atoms with E-state index >= 15 is 0 Å². The average molecular weight is 484 g/mol. The minimum Gasteiger partial charge on any atom is -0.480 e. The lowest BCUT2D eigenvalue weighted by molar-refractivity contribution is -0.139. The van der Waals surface area contributed by atoms with Crippen LogP contribution in [0.4, 0.5) is 0 Å². The summed E-state index contributed by atoms with van der Waals surface area (Å²) in [6, 6.07) is 17.0. The van der Waals surface area contributed by atoms with Crippen LogP contribution in [0.25, 0.3) is 0 Å². The molecular weight excluding hydrogens is 454 g/mol. The van der Waals surface area contributed by atoms with Gasteiger partial charge in [0.05, 0.1) is 17.6 Å². The molecule has 7 heteroatoms. The van der Waals surface area contributed by atoms with Crippen LogP contribution in [0.15, 0.2) is 67.1 Å². The first-order valence-electron chi connectivity index (χ1n) is 11.4. The number of carbonyl (C=O) groups is 1. The fourth-order valence-corrected chi connectivity index (χ4v) is 5.66. The van der Waals surface area contributed by atoms with Gasteiger partial charge in [-0.05, 0) is 42.9 Å². The highest BCUT2D eigenvalue weighted by Crippen LogP contribution is 2.42. The van der Waals surface area contributed by atoms with Crippen LogP contribution in [-0.4, -0.2) is 31.9 Å². The molecule has 2 aromatic carbocycles. The molecule has 0 bridgehead atoms. The normalized spacial score (nSPS) is 21.6. The van der Waals surface area contributed by atoms with Gasteiger partial charge in [-0.2, -0.15) is 12.6 Å². The first kappa shape index (κ1) is 23.9. The van der Waals surface area contributed by atoms with Crippen LogP contribution < -0.4 is 5.32 Å². The fourth-order valence-electron chi connectivity index (χ4n) is 4.93. The van der Waals surface area contributed by atoms with Crippen LogP contribution in [0.3, 0.4) is 0 Å². The molecule has 0 spiro atoms. The molecule has 0 radical (unpaired) electrons. The summed E-state index contributed by atoms with van der Waals surface area (Å²) < 4.78 is 2.22. The summed E-state index contributed by atoms with van der Waals surface area (Å²) in [5.41, 5.74) is 2.78. The standard InChI is InChI=1S/C26H30ClN3O2S/c27-22-11-5-4-10-20(22)15-26(13-7-6-12-24(26)33)30-18-28-16-21(30)17-29-23(25(31)32)14-19-8-2-1-3-9-19/h1-5,8-11,16,18,23-24,29,33H,6-7,12-15,17H2,(H,31,32). The number of aromatic nitrogens is 2. The van der Waals surface area contributed by atoms with Crippen LogP contribution in [0, 0.1) is 0 Å². The molecule has 1 fully saturated rings. The number of imidazole rings is 1. The van der Waals surface area contributed by atoms with Crippen molar-refractivity contribution < 1.29 is 9.90 Å². The molecule has 1 aliphatic carbocycles. The molecule has 33 heavy (non-hydrogen) atoms. The zero-order valence-electron chi connectivity index (χ0n) is 18.5. The minimum atomic E-state index is -0.861. The second kappa shape index (κ2) is 10.8. The molecular formula is C26H30ClN3O2S. The number of carboxylic acids is 1. The quantitative estimate of drug-likeness (QED) is 0.369. The average Bonchev–Trinajstić information content (AvgIpc) is 3.29. The van der Waals surface area contributed by atoms with E-state index in [9.17, 15) is 9.90 Å². The van der Waals surface area contributed by atoms with E-state index in [0.29, 0.717) is 13.0 Å². The maximum absolute atomic E-state index is 11.9. The first-order chi connectivity index (χ1) is 16.0. The maximum Gasteiger partial charge on any atom is 0.321 e. The second-order valence-corrected chi connectivity index (χ2v) is 9.88. The third kappa shape index (κ3) is 5.45. The van der Waals surface area contributed by atoms with E-state index in [1.165, 1.54) is 0 Å². The molecule has 1 heterocycles. The van der Waals surface area contributed by atoms with Crippen molar-refractivity contribution in [3.63, 3.8) is 0 Å². The van der Waals surface area contributed by atoms with Gasteiger partial charge in [-0.1, -0.05) is 73.0 Å². The molecule has 0 amide bonds. The highest BCUT2D eigenvalue weighted by atomic mass is 35.5. The second-order valence-electron chi connectivity index (χ2n) is 8.85. The zero-order chi connectivity index (χ0) is 23.3. The van der Waals surface area contributed by atoms with Crippen molar-refractivity contribution in [2.75, 3.05) is 0 Å². The van der Waals surface area contributed by atoms with Gasteiger partial charge in [0, 0.05) is 23.0 Å². The third-order valence-corrected chi connectivity index (χ3v) is 7.82. The number of hydrogen-bond donors (Lipinski definition) is 3. The van der Waals surface area contributed by atoms with Gasteiger partial charge in [0.25, 0.3) is 0 Å². The Bertz CT molecular complexity index is 1070. The van der Waals surface area contributed by atoms with Crippen LogP contribution in [0.1, 0.15) is 42.5 Å². The van der Waals surface area contributed by atoms with E-state index in [1.54, 1.807) is 0 Å². The van der Waals surface area contributed by atoms with Gasteiger partial charge in [-0.15, -0.1) is 0 Å². The summed E-state index contributed by atoms with van der Waals surface area (Å²) in [5, 5.41) is 13.9. The van der Waals surface area contributed by atoms with Gasteiger partial charge < -0.3 is 9.67 Å². The van der Waals surface area contributed by atoms with Crippen molar-refractivity contribution in [2.45, 2.75) is 61.9 Å². The summed E-state index contributed by atoms with van der Waals surface area (Å²) in [6.45, 7) is 0.411. The van der Waals surface area contributed by atoms with Crippen molar-refractivity contribution in [1.29, 1.82) is 0 Å². The molecule has 1 aliphatic rings. The van der Waals surface area contributed by atoms with E-state index < -0.39 is 12.0 Å². The van der Waals surface area contributed by atoms with Crippen molar-refractivity contribution in [2.24, 2.45) is 0 Å². The number of rotatable bonds is 9. The minimum absolute atomic E-state index is 0.148. The molecule has 1 aromatic heterocycles. The number of carboxylic acid groups (broad SMARTS) is 1. The summed E-state index contributed by atoms with van der Waals surface area (Å²) >= 11 is 11.6. The van der Waals surface area contributed by atoms with Crippen LogP contribution in [0.5, 0.6) is 0 Å². The molecule has 3 aromatic rings. The largest absolute Gasteiger partial charge is 0.480 e. The van der Waals surface area contributed by atoms with E-state index in [0.717, 1.165) is 53.9 Å². The van der Waals surface area contributed by atoms with Crippen molar-refractivity contribution in [1.82, 2.24) is 14.9 Å². The molecule has 0 aliphatic heterocycles. The molecule has 174 valence electrons. The van der Waals surface area contributed by atoms with Gasteiger partial charge in [-0.25, -0.2) is 4.98 Å². The third-order valence-electron chi connectivity index (χ3n) is 6.72. The highest BCUT2D eigenvalue weighted by Gasteiger charge is 2.42. The van der Waals surface area contributed by atoms with E-state index in [-0.39, 0.29) is 10.8 Å². The molecule has 3 unspecified atom stereocenters. The number of thiol groups is 1. The van der Waals surface area contributed by atoms with E-state index in [2.05, 4.69) is 20.9 Å². The Morgan fingerprint density at radius 2 is 1.97 bits per heavy atom. The Kier molecular flexibility index (Phi) is 7.78. The number of aliphatic carboxylic acids is 1. The van der Waals surface area contributed by atoms with Gasteiger partial charge in [-0.3, -0.25) is 10.1 Å². The molecule has 5 nitrogen and oxygen atoms in total. The molecule has 4 rings (SSSR count). The van der Waals surface area contributed by atoms with E-state index in [1.807, 2.05) is 61.1 Å². The van der Waals surface area contributed by atoms with Crippen molar-refractivity contribution in [3.8, 4) is 0 Å². The lowest BCUT2D eigenvalue weighted by Gasteiger charge is -2.44. The Balaban J connectivity index is 1.59. The number of halogens is 1. The predicted molar refractivity (Wildman–Crippen MR) is 135 cm³/mol. The Morgan fingerprint density at radius 3 is 2.70 bits per heavy atom. The predicted octanol–water partition coefficient (Wildman–Crippen LogP) is 5.13. The lowest BCUT2D eigenvalue weighted by atomic mass is 9.76. The fraction of sp³-hybridized carbons (Fsp3) is 0.385. The number of benzene rings is 2. The first-order valence-corrected chi connectivity index (χ1v) is 12.3. The van der Waals surface area contributed by atoms with E-state index in [4.69, 9.17) is 24.2 Å². The summed E-state index contributed by atoms with van der Waals surface area (Å²) in [7, 11) is 0. The molecule has 2 N–H and O–H groups in total. The Labute approximate surface area is 205 Å². The number of nitrogens with one attached hydrogen (secondary N) is 1. The summed E-state index contributed by atoms with van der Waals surface area (Å²) in [5.74, 6) is -0.861. The monoisotopic (exact) mass is 483 g/mol. The van der Waals surface area contributed by atoms with Gasteiger partial charge in [0.1, 0.15) is 6.04 Å². The summed E-state index contributed by atoms with van der Waals surface area (Å²) in [6.07, 6.45) is 9.14. The van der Waals surface area contributed by atoms with Crippen LogP contribution >= 0.6 is 24.2 Å². The summed E-state index contributed by atoms with van der Waals surface area (Å²) in [4.78, 5) is 16.4. The Hall–Kier alpha value is -2.28. The van der Waals surface area contributed by atoms with Gasteiger partial charge in [0.2, 0.25) is 0 Å². The highest BCUT2D eigenvalue weighted by molar-refractivity contribution is 7.81. The van der Waals surface area contributed by atoms with Crippen molar-refractivity contribution in [3.05, 3.63) is 89.0 Å². The van der Waals surface area contributed by atoms with Gasteiger partial charge in [0.15, 0.2) is 0 Å². The van der Waals surface area contributed by atoms with Crippen LogP contribution in [0.2, 0.25) is 5.02 Å². The lowest BCUT2D eigenvalue weighted by Crippen LogP contribution is -2.48. The van der Waals surface area contributed by atoms with Gasteiger partial charge >= 0.3 is 5.97 Å². The number of hydrogen-bond acceptors (Lipinski definition) is 4. The molecule has 3 atom stereocenters. The molecule has 0 saturated heterocycles. The SMILES string of the molecule is O=C(O)C(Cc1ccccc1)NCc1cncn1C1(Cc2ccccc2Cl)CCCCC1S. The maximum atomic E-state index is 11.9. The van der Waals surface area contributed by atoms with Crippen LogP contribution in [-0.2, 0) is 29.7 Å².